The number of carbonyl (C=O) groups is 1. The SMILES string of the molecule is CN(C)C(=O)c1ccc(Cl)c(S(=O)(=O)N(Cc2ccccc2)c2cccc(C(F)(F)F)c2)c1. The number of hydrogen-bond donors (Lipinski definition) is 0. The summed E-state index contributed by atoms with van der Waals surface area (Å²) in [6.45, 7) is -0.243. The zero-order valence-corrected chi connectivity index (χ0v) is 19.2. The molecule has 0 spiro atoms. The van der Waals surface area contributed by atoms with Crippen LogP contribution in [0.4, 0.5) is 18.9 Å². The molecule has 10 heteroatoms. The zero-order chi connectivity index (χ0) is 24.4. The third kappa shape index (κ3) is 5.48. The Balaban J connectivity index is 2.18. The molecule has 0 saturated heterocycles. The number of hydrogen-bond acceptors (Lipinski definition) is 3. The summed E-state index contributed by atoms with van der Waals surface area (Å²) in [5.41, 5.74) is -0.549. The van der Waals surface area contributed by atoms with Crippen LogP contribution in [-0.2, 0) is 22.7 Å². The molecule has 0 fully saturated rings. The van der Waals surface area contributed by atoms with Gasteiger partial charge in [-0.05, 0) is 42.0 Å². The van der Waals surface area contributed by atoms with Gasteiger partial charge in [0.15, 0.2) is 0 Å². The molecule has 5 nitrogen and oxygen atoms in total. The van der Waals surface area contributed by atoms with Gasteiger partial charge in [-0.2, -0.15) is 13.2 Å². The maximum atomic E-state index is 13.7. The molecule has 0 radical (unpaired) electrons. The fourth-order valence-corrected chi connectivity index (χ4v) is 5.06. The smallest absolute Gasteiger partial charge is 0.345 e. The Labute approximate surface area is 195 Å². The standard InChI is InChI=1S/C23H20ClF3N2O3S/c1-28(2)22(30)17-11-12-20(24)21(13-17)33(31,32)29(15-16-7-4-3-5-8-16)19-10-6-9-18(14-19)23(25,26)27/h3-14H,15H2,1-2H3. The lowest BCUT2D eigenvalue weighted by Crippen LogP contribution is -2.31. The summed E-state index contributed by atoms with van der Waals surface area (Å²) in [6.07, 6.45) is -4.66. The number of halogens is 4. The molecule has 3 rings (SSSR count). The summed E-state index contributed by atoms with van der Waals surface area (Å²) in [6, 6.07) is 16.3. The Bertz CT molecular complexity index is 1260. The van der Waals surface area contributed by atoms with Crippen molar-refractivity contribution < 1.29 is 26.4 Å². The van der Waals surface area contributed by atoms with Gasteiger partial charge in [-0.25, -0.2) is 8.42 Å². The lowest BCUT2D eigenvalue weighted by atomic mass is 10.2. The van der Waals surface area contributed by atoms with Crippen molar-refractivity contribution in [3.63, 3.8) is 0 Å². The van der Waals surface area contributed by atoms with E-state index in [2.05, 4.69) is 0 Å². The Morgan fingerprint density at radius 1 is 0.939 bits per heavy atom. The molecular formula is C23H20ClF3N2O3S. The maximum absolute atomic E-state index is 13.7. The molecule has 1 amide bonds. The molecule has 3 aromatic carbocycles. The van der Waals surface area contributed by atoms with E-state index in [0.29, 0.717) is 5.56 Å². The first kappa shape index (κ1) is 24.6. The van der Waals surface area contributed by atoms with Crippen molar-refractivity contribution in [1.29, 1.82) is 0 Å². The number of nitrogens with zero attached hydrogens (tertiary/aromatic N) is 2. The van der Waals surface area contributed by atoms with E-state index in [0.717, 1.165) is 28.6 Å². The number of anilines is 1. The predicted molar refractivity (Wildman–Crippen MR) is 121 cm³/mol. The van der Waals surface area contributed by atoms with Crippen LogP contribution >= 0.6 is 11.6 Å². The van der Waals surface area contributed by atoms with E-state index < -0.39 is 27.7 Å². The van der Waals surface area contributed by atoms with Crippen LogP contribution < -0.4 is 4.31 Å². The molecule has 174 valence electrons. The van der Waals surface area contributed by atoms with Crippen LogP contribution in [0.2, 0.25) is 5.02 Å². The fourth-order valence-electron chi connectivity index (χ4n) is 3.11. The van der Waals surface area contributed by atoms with E-state index in [4.69, 9.17) is 11.6 Å². The van der Waals surface area contributed by atoms with Gasteiger partial charge >= 0.3 is 6.18 Å². The minimum Gasteiger partial charge on any atom is -0.345 e. The third-order valence-corrected chi connectivity index (χ3v) is 7.04. The van der Waals surface area contributed by atoms with Gasteiger partial charge in [0, 0.05) is 19.7 Å². The second-order valence-electron chi connectivity index (χ2n) is 7.39. The molecule has 0 aliphatic rings. The predicted octanol–water partition coefficient (Wildman–Crippen LogP) is 5.46. The number of amides is 1. The van der Waals surface area contributed by atoms with Crippen LogP contribution in [0.1, 0.15) is 21.5 Å². The van der Waals surface area contributed by atoms with Gasteiger partial charge in [0.2, 0.25) is 0 Å². The van der Waals surface area contributed by atoms with E-state index >= 15 is 0 Å². The highest BCUT2D eigenvalue weighted by atomic mass is 35.5. The summed E-state index contributed by atoms with van der Waals surface area (Å²) < 4.78 is 68.2. The van der Waals surface area contributed by atoms with Crippen molar-refractivity contribution in [1.82, 2.24) is 4.90 Å². The Hall–Kier alpha value is -3.04. The Morgan fingerprint density at radius 2 is 1.61 bits per heavy atom. The van der Waals surface area contributed by atoms with E-state index in [1.165, 1.54) is 37.2 Å². The van der Waals surface area contributed by atoms with Crippen molar-refractivity contribution >= 4 is 33.2 Å². The molecule has 33 heavy (non-hydrogen) atoms. The quantitative estimate of drug-likeness (QED) is 0.455. The van der Waals surface area contributed by atoms with Gasteiger partial charge in [0.25, 0.3) is 15.9 Å². The minimum atomic E-state index is -4.66. The number of benzene rings is 3. The summed E-state index contributed by atoms with van der Waals surface area (Å²) in [5, 5.41) is -0.157. The fraction of sp³-hybridized carbons (Fsp3) is 0.174. The van der Waals surface area contributed by atoms with Crippen molar-refractivity contribution in [3.05, 3.63) is 94.5 Å². The molecule has 0 atom stereocenters. The topological polar surface area (TPSA) is 57.7 Å². The molecule has 0 unspecified atom stereocenters. The highest BCUT2D eigenvalue weighted by molar-refractivity contribution is 7.93. The molecule has 0 heterocycles. The maximum Gasteiger partial charge on any atom is 0.416 e. The van der Waals surface area contributed by atoms with Crippen LogP contribution in [0.15, 0.2) is 77.7 Å². The second kappa shape index (κ2) is 9.44. The lowest BCUT2D eigenvalue weighted by Gasteiger charge is -2.26. The van der Waals surface area contributed by atoms with Crippen LogP contribution in [0.3, 0.4) is 0 Å². The van der Waals surface area contributed by atoms with Gasteiger partial charge in [0.1, 0.15) is 4.90 Å². The first-order chi connectivity index (χ1) is 15.4. The zero-order valence-electron chi connectivity index (χ0n) is 17.7. The average molecular weight is 497 g/mol. The summed E-state index contributed by atoms with van der Waals surface area (Å²) in [7, 11) is -1.44. The van der Waals surface area contributed by atoms with Crippen molar-refractivity contribution in [2.24, 2.45) is 0 Å². The molecule has 0 aromatic heterocycles. The molecule has 0 aliphatic heterocycles. The van der Waals surface area contributed by atoms with E-state index in [1.54, 1.807) is 30.3 Å². The first-order valence-electron chi connectivity index (χ1n) is 9.66. The molecule has 0 saturated carbocycles. The molecule has 0 bridgehead atoms. The number of carbonyl (C=O) groups excluding carboxylic acids is 1. The molecule has 3 aromatic rings. The van der Waals surface area contributed by atoms with Gasteiger partial charge < -0.3 is 4.90 Å². The van der Waals surface area contributed by atoms with Gasteiger partial charge in [-0.1, -0.05) is 48.0 Å². The molecule has 0 N–H and O–H groups in total. The third-order valence-electron chi connectivity index (χ3n) is 4.78. The van der Waals surface area contributed by atoms with Crippen molar-refractivity contribution in [2.45, 2.75) is 17.6 Å². The molecule has 0 aliphatic carbocycles. The lowest BCUT2D eigenvalue weighted by molar-refractivity contribution is -0.137. The van der Waals surface area contributed by atoms with Crippen LogP contribution in [0, 0.1) is 0 Å². The highest BCUT2D eigenvalue weighted by Crippen LogP contribution is 2.35. The van der Waals surface area contributed by atoms with Crippen molar-refractivity contribution in [2.75, 3.05) is 18.4 Å². The van der Waals surface area contributed by atoms with Gasteiger partial charge in [0.05, 0.1) is 22.8 Å². The minimum absolute atomic E-state index is 0.0756. The van der Waals surface area contributed by atoms with Crippen LogP contribution in [0.25, 0.3) is 0 Å². The largest absolute Gasteiger partial charge is 0.416 e. The first-order valence-corrected chi connectivity index (χ1v) is 11.5. The number of alkyl halides is 3. The Kier molecular flexibility index (Phi) is 7.04. The van der Waals surface area contributed by atoms with Gasteiger partial charge in [-0.3, -0.25) is 9.10 Å². The normalized spacial score (nSPS) is 11.8. The Morgan fingerprint density at radius 3 is 2.21 bits per heavy atom. The highest BCUT2D eigenvalue weighted by Gasteiger charge is 2.33. The van der Waals surface area contributed by atoms with E-state index in [-0.39, 0.29) is 27.7 Å². The summed E-state index contributed by atoms with van der Waals surface area (Å²) >= 11 is 6.19. The summed E-state index contributed by atoms with van der Waals surface area (Å²) in [5.74, 6) is -0.447. The van der Waals surface area contributed by atoms with E-state index in [9.17, 15) is 26.4 Å². The average Bonchev–Trinajstić information content (AvgIpc) is 2.77. The monoisotopic (exact) mass is 496 g/mol. The molecular weight excluding hydrogens is 477 g/mol. The number of rotatable bonds is 6. The van der Waals surface area contributed by atoms with E-state index in [1.807, 2.05) is 0 Å². The second-order valence-corrected chi connectivity index (χ2v) is 9.63. The number of sulfonamides is 1. The van der Waals surface area contributed by atoms with Gasteiger partial charge in [-0.15, -0.1) is 0 Å². The summed E-state index contributed by atoms with van der Waals surface area (Å²) in [4.78, 5) is 13.3. The van der Waals surface area contributed by atoms with Crippen LogP contribution in [-0.4, -0.2) is 33.3 Å². The van der Waals surface area contributed by atoms with Crippen LogP contribution in [0.5, 0.6) is 0 Å². The van der Waals surface area contributed by atoms with Crippen molar-refractivity contribution in [3.8, 4) is 0 Å².